The topological polar surface area (TPSA) is 75.3 Å². The predicted molar refractivity (Wildman–Crippen MR) is 103 cm³/mol. The van der Waals surface area contributed by atoms with E-state index in [2.05, 4.69) is 5.32 Å². The molecule has 146 valence electrons. The van der Waals surface area contributed by atoms with Gasteiger partial charge in [0, 0.05) is 17.7 Å². The highest BCUT2D eigenvalue weighted by atomic mass is 16.5. The van der Waals surface area contributed by atoms with Gasteiger partial charge >= 0.3 is 5.97 Å². The Morgan fingerprint density at radius 1 is 0.964 bits per heavy atom. The number of nitrogens with one attached hydrogen (secondary N) is 1. The molecule has 1 atom stereocenters. The van der Waals surface area contributed by atoms with E-state index >= 15 is 0 Å². The van der Waals surface area contributed by atoms with E-state index in [9.17, 15) is 4.79 Å². The van der Waals surface area contributed by atoms with Crippen LogP contribution in [0.1, 0.15) is 17.0 Å². The Labute approximate surface area is 162 Å². The zero-order valence-electron chi connectivity index (χ0n) is 16.1. The van der Waals surface area contributed by atoms with E-state index in [-0.39, 0.29) is 18.5 Å². The van der Waals surface area contributed by atoms with Gasteiger partial charge in [-0.2, -0.15) is 0 Å². The van der Waals surface area contributed by atoms with Gasteiger partial charge in [-0.1, -0.05) is 6.07 Å². The van der Waals surface area contributed by atoms with Crippen LogP contribution in [0.15, 0.2) is 41.6 Å². The number of anilines is 1. The van der Waals surface area contributed by atoms with Gasteiger partial charge in [0.15, 0.2) is 11.5 Å². The Morgan fingerprint density at radius 3 is 2.29 bits per heavy atom. The smallest absolute Gasteiger partial charge is 0.337 e. The summed E-state index contributed by atoms with van der Waals surface area (Å²) in [5.41, 5.74) is 3.99. The number of carbonyl (C=O) groups excluding carboxylic acids is 1. The molecule has 0 aromatic heterocycles. The third-order valence-electron chi connectivity index (χ3n) is 5.06. The summed E-state index contributed by atoms with van der Waals surface area (Å²) in [6.07, 6.45) is 0. The van der Waals surface area contributed by atoms with Gasteiger partial charge in [-0.25, -0.2) is 4.79 Å². The summed E-state index contributed by atoms with van der Waals surface area (Å²) in [5.74, 6) is 1.62. The van der Waals surface area contributed by atoms with Crippen molar-refractivity contribution in [3.63, 3.8) is 0 Å². The van der Waals surface area contributed by atoms with E-state index in [4.69, 9.17) is 23.7 Å². The fraction of sp³-hybridized carbons (Fsp3) is 0.286. The van der Waals surface area contributed by atoms with Crippen LogP contribution < -0.4 is 24.3 Å². The molecule has 0 spiro atoms. The van der Waals surface area contributed by atoms with Crippen molar-refractivity contribution in [2.45, 2.75) is 5.92 Å². The van der Waals surface area contributed by atoms with Crippen molar-refractivity contribution < 1.29 is 28.5 Å². The number of methoxy groups -OCH3 is 4. The summed E-state index contributed by atoms with van der Waals surface area (Å²) < 4.78 is 27.1. The minimum Gasteiger partial charge on any atom is -0.497 e. The van der Waals surface area contributed by atoms with Crippen LogP contribution >= 0.6 is 0 Å². The molecular formula is C21H21NO6. The van der Waals surface area contributed by atoms with E-state index < -0.39 is 0 Å². The molecule has 2 heterocycles. The Hall–Kier alpha value is -3.35. The van der Waals surface area contributed by atoms with Crippen molar-refractivity contribution in [3.8, 4) is 23.0 Å². The summed E-state index contributed by atoms with van der Waals surface area (Å²) in [4.78, 5) is 12.5. The van der Waals surface area contributed by atoms with Crippen molar-refractivity contribution in [1.29, 1.82) is 0 Å². The molecule has 0 saturated heterocycles. The van der Waals surface area contributed by atoms with Gasteiger partial charge in [-0.15, -0.1) is 0 Å². The normalized spacial score (nSPS) is 17.3. The second-order valence-corrected chi connectivity index (χ2v) is 6.44. The molecule has 0 bridgehead atoms. The van der Waals surface area contributed by atoms with Crippen molar-refractivity contribution in [1.82, 2.24) is 0 Å². The Balaban J connectivity index is 1.94. The minimum absolute atomic E-state index is 0.214. The molecule has 2 aromatic carbocycles. The number of fused-ring (bicyclic) bond motifs is 1. The second kappa shape index (κ2) is 6.99. The van der Waals surface area contributed by atoms with Gasteiger partial charge in [0.25, 0.3) is 0 Å². The molecule has 4 rings (SSSR count). The lowest BCUT2D eigenvalue weighted by atomic mass is 9.81. The second-order valence-electron chi connectivity index (χ2n) is 6.44. The molecule has 2 aliphatic rings. The molecule has 2 aliphatic heterocycles. The van der Waals surface area contributed by atoms with Crippen LogP contribution in [0.25, 0.3) is 0 Å². The molecule has 0 amide bonds. The Kier molecular flexibility index (Phi) is 4.50. The maximum Gasteiger partial charge on any atom is 0.337 e. The van der Waals surface area contributed by atoms with E-state index in [1.807, 2.05) is 30.3 Å². The molecule has 7 heteroatoms. The van der Waals surface area contributed by atoms with Gasteiger partial charge < -0.3 is 29.0 Å². The standard InChI is InChI=1S/C21H21NO6/c1-24-12-5-6-13-14(9-12)22-15-10-28-21(23)19(15)18(13)11-7-16(25-2)20(27-4)17(8-11)26-3/h5-9,18,22H,10H2,1-4H3. The van der Waals surface area contributed by atoms with Crippen LogP contribution in [0.5, 0.6) is 23.0 Å². The third-order valence-corrected chi connectivity index (χ3v) is 5.06. The lowest BCUT2D eigenvalue weighted by molar-refractivity contribution is -0.136. The molecule has 2 aromatic rings. The molecule has 1 unspecified atom stereocenters. The number of carbonyl (C=O) groups is 1. The van der Waals surface area contributed by atoms with Crippen LogP contribution in [0.3, 0.4) is 0 Å². The maximum absolute atomic E-state index is 12.5. The number of ether oxygens (including phenoxy) is 5. The Morgan fingerprint density at radius 2 is 1.68 bits per heavy atom. The highest BCUT2D eigenvalue weighted by Gasteiger charge is 2.39. The number of cyclic esters (lactones) is 1. The molecule has 0 fully saturated rings. The first-order chi connectivity index (χ1) is 13.6. The molecule has 0 radical (unpaired) electrons. The van der Waals surface area contributed by atoms with Gasteiger partial charge in [0.2, 0.25) is 5.75 Å². The number of esters is 1. The summed E-state index contributed by atoms with van der Waals surface area (Å²) >= 11 is 0. The minimum atomic E-state index is -0.333. The summed E-state index contributed by atoms with van der Waals surface area (Å²) in [5, 5.41) is 3.31. The van der Waals surface area contributed by atoms with E-state index in [1.165, 1.54) is 0 Å². The van der Waals surface area contributed by atoms with Crippen molar-refractivity contribution in [3.05, 3.63) is 52.7 Å². The van der Waals surface area contributed by atoms with E-state index in [0.717, 1.165) is 28.3 Å². The van der Waals surface area contributed by atoms with Crippen molar-refractivity contribution in [2.75, 3.05) is 40.4 Å². The molecule has 0 saturated carbocycles. The lowest BCUT2D eigenvalue weighted by Crippen LogP contribution is -2.20. The van der Waals surface area contributed by atoms with E-state index in [1.54, 1.807) is 28.4 Å². The van der Waals surface area contributed by atoms with Crippen LogP contribution in [-0.2, 0) is 9.53 Å². The highest BCUT2D eigenvalue weighted by Crippen LogP contribution is 2.48. The molecule has 1 N–H and O–H groups in total. The van der Waals surface area contributed by atoms with E-state index in [0.29, 0.717) is 22.8 Å². The van der Waals surface area contributed by atoms with Crippen molar-refractivity contribution in [2.24, 2.45) is 0 Å². The first-order valence-electron chi connectivity index (χ1n) is 8.76. The number of benzene rings is 2. The zero-order valence-corrected chi connectivity index (χ0v) is 16.1. The number of hydrogen-bond donors (Lipinski definition) is 1. The first-order valence-corrected chi connectivity index (χ1v) is 8.76. The monoisotopic (exact) mass is 383 g/mol. The number of rotatable bonds is 5. The van der Waals surface area contributed by atoms with Gasteiger partial charge in [0.1, 0.15) is 12.4 Å². The molecule has 28 heavy (non-hydrogen) atoms. The summed E-state index contributed by atoms with van der Waals surface area (Å²) in [7, 11) is 6.31. The van der Waals surface area contributed by atoms with Crippen LogP contribution in [0.2, 0.25) is 0 Å². The summed E-state index contributed by atoms with van der Waals surface area (Å²) in [6.45, 7) is 0.214. The maximum atomic E-state index is 12.5. The molecule has 7 nitrogen and oxygen atoms in total. The first kappa shape index (κ1) is 18.0. The average molecular weight is 383 g/mol. The molecular weight excluding hydrogens is 362 g/mol. The largest absolute Gasteiger partial charge is 0.497 e. The van der Waals surface area contributed by atoms with Gasteiger partial charge in [-0.3, -0.25) is 0 Å². The predicted octanol–water partition coefficient (Wildman–Crippen LogP) is 3.09. The fourth-order valence-corrected chi connectivity index (χ4v) is 3.77. The number of hydrogen-bond acceptors (Lipinski definition) is 7. The highest BCUT2D eigenvalue weighted by molar-refractivity contribution is 5.97. The average Bonchev–Trinajstić information content (AvgIpc) is 3.10. The van der Waals surface area contributed by atoms with Gasteiger partial charge in [-0.05, 0) is 29.3 Å². The zero-order chi connectivity index (χ0) is 19.8. The van der Waals surface area contributed by atoms with Crippen LogP contribution in [0.4, 0.5) is 5.69 Å². The quantitative estimate of drug-likeness (QED) is 0.795. The fourth-order valence-electron chi connectivity index (χ4n) is 3.77. The third kappa shape index (κ3) is 2.70. The SMILES string of the molecule is COc1ccc2c(c1)NC1=C(C(=O)OC1)C2c1cc(OC)c(OC)c(OC)c1. The molecule has 0 aliphatic carbocycles. The summed E-state index contributed by atoms with van der Waals surface area (Å²) in [6, 6.07) is 9.46. The van der Waals surface area contributed by atoms with Crippen molar-refractivity contribution >= 4 is 11.7 Å². The van der Waals surface area contributed by atoms with Crippen LogP contribution in [-0.4, -0.2) is 41.0 Å². The lowest BCUT2D eigenvalue weighted by Gasteiger charge is -2.28. The Bertz CT molecular complexity index is 956. The van der Waals surface area contributed by atoms with Gasteiger partial charge in [0.05, 0.1) is 39.7 Å². The van der Waals surface area contributed by atoms with Crippen LogP contribution in [0, 0.1) is 0 Å².